The monoisotopic (exact) mass is 281 g/mol. The summed E-state index contributed by atoms with van der Waals surface area (Å²) in [6.07, 6.45) is 1.03. The van der Waals surface area contributed by atoms with Crippen molar-refractivity contribution < 1.29 is 13.2 Å². The van der Waals surface area contributed by atoms with E-state index in [2.05, 4.69) is 9.12 Å². The molecule has 1 aromatic carbocycles. The maximum Gasteiger partial charge on any atom is 0.344 e. The molecule has 102 valence electrons. The molecule has 2 aliphatic rings. The Morgan fingerprint density at radius 3 is 3.05 bits per heavy atom. The molecule has 3 N–H and O–H groups in total. The number of hydrogen-bond acceptors (Lipinski definition) is 4. The average molecular weight is 281 g/mol. The number of ether oxygens (including phenoxy) is 1. The van der Waals surface area contributed by atoms with E-state index in [0.29, 0.717) is 29.7 Å². The Hall–Kier alpha value is -1.60. The van der Waals surface area contributed by atoms with Gasteiger partial charge in [0.05, 0.1) is 5.69 Å². The number of nitrogens with one attached hydrogen (secondary N) is 1. The van der Waals surface area contributed by atoms with Crippen LogP contribution in [0.25, 0.3) is 0 Å². The number of methoxy groups -OCH3 is 1. The van der Waals surface area contributed by atoms with Gasteiger partial charge in [0.1, 0.15) is 5.84 Å². The summed E-state index contributed by atoms with van der Waals surface area (Å²) in [6.45, 7) is 0.705. The van der Waals surface area contributed by atoms with Gasteiger partial charge in [-0.1, -0.05) is 12.1 Å². The SMILES string of the molecule is COCC1CC1c1cccc2c1C(N)=NS(=O)(=O)N2. The topological polar surface area (TPSA) is 93.8 Å². The van der Waals surface area contributed by atoms with Crippen LogP contribution in [-0.4, -0.2) is 28.0 Å². The lowest BCUT2D eigenvalue weighted by Crippen LogP contribution is -2.27. The highest BCUT2D eigenvalue weighted by Crippen LogP contribution is 2.49. The summed E-state index contributed by atoms with van der Waals surface area (Å²) < 4.78 is 34.1. The van der Waals surface area contributed by atoms with E-state index in [-0.39, 0.29) is 5.84 Å². The molecular weight excluding hydrogens is 266 g/mol. The molecule has 2 unspecified atom stereocenters. The van der Waals surface area contributed by atoms with Crippen LogP contribution in [0.5, 0.6) is 0 Å². The van der Waals surface area contributed by atoms with Gasteiger partial charge in [-0.05, 0) is 29.9 Å². The van der Waals surface area contributed by atoms with E-state index in [9.17, 15) is 8.42 Å². The lowest BCUT2D eigenvalue weighted by atomic mass is 9.99. The third-order valence-electron chi connectivity index (χ3n) is 3.51. The van der Waals surface area contributed by atoms with Crippen LogP contribution >= 0.6 is 0 Å². The van der Waals surface area contributed by atoms with Crippen molar-refractivity contribution in [3.63, 3.8) is 0 Å². The lowest BCUT2D eigenvalue weighted by molar-refractivity contribution is 0.184. The zero-order valence-corrected chi connectivity index (χ0v) is 11.3. The highest BCUT2D eigenvalue weighted by Gasteiger charge is 2.41. The molecule has 1 aliphatic carbocycles. The summed E-state index contributed by atoms with van der Waals surface area (Å²) in [7, 11) is -2.02. The number of benzene rings is 1. The number of amidine groups is 1. The van der Waals surface area contributed by atoms with E-state index < -0.39 is 10.2 Å². The molecule has 1 heterocycles. The van der Waals surface area contributed by atoms with Gasteiger partial charge in [-0.2, -0.15) is 8.42 Å². The summed E-state index contributed by atoms with van der Waals surface area (Å²) in [5, 5.41) is 0. The summed E-state index contributed by atoms with van der Waals surface area (Å²) >= 11 is 0. The smallest absolute Gasteiger partial charge is 0.344 e. The fraction of sp³-hybridized carbons (Fsp3) is 0.417. The Morgan fingerprint density at radius 2 is 2.32 bits per heavy atom. The maximum absolute atomic E-state index is 11.5. The van der Waals surface area contributed by atoms with E-state index in [1.807, 2.05) is 12.1 Å². The number of hydrogen-bond donors (Lipinski definition) is 2. The van der Waals surface area contributed by atoms with E-state index in [1.54, 1.807) is 13.2 Å². The van der Waals surface area contributed by atoms with Crippen LogP contribution in [0.15, 0.2) is 22.6 Å². The first-order valence-electron chi connectivity index (χ1n) is 6.02. The van der Waals surface area contributed by atoms with Gasteiger partial charge >= 0.3 is 10.2 Å². The highest BCUT2D eigenvalue weighted by atomic mass is 32.2. The average Bonchev–Trinajstić information content (AvgIpc) is 3.06. The molecule has 7 heteroatoms. The number of anilines is 1. The Labute approximate surface area is 111 Å². The highest BCUT2D eigenvalue weighted by molar-refractivity contribution is 7.91. The Kier molecular flexibility index (Phi) is 2.75. The quantitative estimate of drug-likeness (QED) is 0.857. The van der Waals surface area contributed by atoms with Crippen LogP contribution in [0, 0.1) is 5.92 Å². The van der Waals surface area contributed by atoms with Gasteiger partial charge < -0.3 is 10.5 Å². The van der Waals surface area contributed by atoms with Crippen molar-refractivity contribution in [2.24, 2.45) is 16.0 Å². The zero-order chi connectivity index (χ0) is 13.6. The Balaban J connectivity index is 2.02. The van der Waals surface area contributed by atoms with Crippen molar-refractivity contribution >= 4 is 21.7 Å². The molecule has 0 aromatic heterocycles. The normalized spacial score (nSPS) is 27.1. The molecule has 3 rings (SSSR count). The number of rotatable bonds is 3. The molecule has 6 nitrogen and oxygen atoms in total. The van der Waals surface area contributed by atoms with Gasteiger partial charge in [0.25, 0.3) is 0 Å². The molecule has 19 heavy (non-hydrogen) atoms. The first-order chi connectivity index (χ1) is 9.02. The molecule has 0 bridgehead atoms. The number of nitrogens with two attached hydrogens (primary N) is 1. The second-order valence-electron chi connectivity index (χ2n) is 4.88. The van der Waals surface area contributed by atoms with E-state index in [1.165, 1.54) is 0 Å². The van der Waals surface area contributed by atoms with Crippen LogP contribution in [0.1, 0.15) is 23.5 Å². The van der Waals surface area contributed by atoms with Gasteiger partial charge in [-0.3, -0.25) is 4.72 Å². The summed E-state index contributed by atoms with van der Waals surface area (Å²) in [6, 6.07) is 5.50. The standard InChI is InChI=1S/C12H15N3O3S/c1-18-6-7-5-9(7)8-3-2-4-10-11(8)12(13)15-19(16,17)14-10/h2-4,7,9,14H,5-6H2,1H3,(H2,13,15). The first kappa shape index (κ1) is 12.4. The van der Waals surface area contributed by atoms with Crippen molar-refractivity contribution in [3.8, 4) is 0 Å². The fourth-order valence-corrected chi connectivity index (χ4v) is 3.46. The minimum Gasteiger partial charge on any atom is -0.384 e. The van der Waals surface area contributed by atoms with Crippen LogP contribution < -0.4 is 10.5 Å². The zero-order valence-electron chi connectivity index (χ0n) is 10.5. The van der Waals surface area contributed by atoms with Gasteiger partial charge in [0.15, 0.2) is 0 Å². The minimum atomic E-state index is -3.70. The lowest BCUT2D eigenvalue weighted by Gasteiger charge is -2.19. The second-order valence-corrected chi connectivity index (χ2v) is 6.22. The Morgan fingerprint density at radius 1 is 1.53 bits per heavy atom. The molecule has 0 spiro atoms. The van der Waals surface area contributed by atoms with Crippen LogP contribution in [-0.2, 0) is 14.9 Å². The third-order valence-corrected chi connectivity index (χ3v) is 4.43. The molecule has 0 saturated heterocycles. The second kappa shape index (κ2) is 4.21. The van der Waals surface area contributed by atoms with Crippen LogP contribution in [0.2, 0.25) is 0 Å². The minimum absolute atomic E-state index is 0.0624. The van der Waals surface area contributed by atoms with Crippen molar-refractivity contribution in [2.45, 2.75) is 12.3 Å². The molecule has 1 aliphatic heterocycles. The maximum atomic E-state index is 11.5. The molecular formula is C12H15N3O3S. The van der Waals surface area contributed by atoms with Crippen molar-refractivity contribution in [1.29, 1.82) is 0 Å². The molecule has 0 radical (unpaired) electrons. The predicted octanol–water partition coefficient (Wildman–Crippen LogP) is 0.812. The van der Waals surface area contributed by atoms with Crippen molar-refractivity contribution in [1.82, 2.24) is 0 Å². The van der Waals surface area contributed by atoms with Crippen LogP contribution in [0.3, 0.4) is 0 Å². The first-order valence-corrected chi connectivity index (χ1v) is 7.46. The van der Waals surface area contributed by atoms with Gasteiger partial charge in [0, 0.05) is 19.3 Å². The van der Waals surface area contributed by atoms with E-state index in [0.717, 1.165) is 12.0 Å². The third kappa shape index (κ3) is 2.19. The predicted molar refractivity (Wildman–Crippen MR) is 72.4 cm³/mol. The summed E-state index contributed by atoms with van der Waals surface area (Å²) in [4.78, 5) is 0. The molecule has 1 saturated carbocycles. The van der Waals surface area contributed by atoms with E-state index in [4.69, 9.17) is 10.5 Å². The van der Waals surface area contributed by atoms with Crippen molar-refractivity contribution in [3.05, 3.63) is 29.3 Å². The molecule has 1 aromatic rings. The van der Waals surface area contributed by atoms with E-state index >= 15 is 0 Å². The van der Waals surface area contributed by atoms with Gasteiger partial charge in [0.2, 0.25) is 0 Å². The number of nitrogens with zero attached hydrogens (tertiary/aromatic N) is 1. The molecule has 1 fully saturated rings. The summed E-state index contributed by atoms with van der Waals surface area (Å²) in [5.74, 6) is 0.904. The number of fused-ring (bicyclic) bond motifs is 1. The van der Waals surface area contributed by atoms with Crippen molar-refractivity contribution in [2.75, 3.05) is 18.4 Å². The summed E-state index contributed by atoms with van der Waals surface area (Å²) in [5.41, 5.74) is 8.07. The Bertz CT molecular complexity index is 654. The van der Waals surface area contributed by atoms with Gasteiger partial charge in [-0.15, -0.1) is 4.40 Å². The fourth-order valence-electron chi connectivity index (χ4n) is 2.61. The molecule has 0 amide bonds. The van der Waals surface area contributed by atoms with Crippen LogP contribution in [0.4, 0.5) is 5.69 Å². The largest absolute Gasteiger partial charge is 0.384 e. The molecule has 2 atom stereocenters. The van der Waals surface area contributed by atoms with Gasteiger partial charge in [-0.25, -0.2) is 0 Å².